The maximum atomic E-state index is 11.4. The zero-order valence-electron chi connectivity index (χ0n) is 12.6. The van der Waals surface area contributed by atoms with Crippen molar-refractivity contribution < 1.29 is 14.6 Å². The Hall–Kier alpha value is -1.52. The van der Waals surface area contributed by atoms with E-state index >= 15 is 0 Å². The molecule has 0 spiro atoms. The molecule has 0 radical (unpaired) electrons. The van der Waals surface area contributed by atoms with Gasteiger partial charge < -0.3 is 15.2 Å². The monoisotopic (exact) mass is 311 g/mol. The molecular formula is C16H22ClNO3. The standard InChI is InChI=1S/C16H22ClNO3/c1-16(2,3)21-15(20)18-9-5-4-6-13-10-12(11-19)7-8-14(13)17/h4,6-8,10,19H,5,9,11H2,1-3H3,(H,18,20). The third-order valence-corrected chi connectivity index (χ3v) is 2.86. The van der Waals surface area contributed by atoms with Gasteiger partial charge >= 0.3 is 6.09 Å². The normalized spacial score (nSPS) is 11.7. The van der Waals surface area contributed by atoms with Gasteiger partial charge in [0.25, 0.3) is 0 Å². The third-order valence-electron chi connectivity index (χ3n) is 2.52. The largest absolute Gasteiger partial charge is 0.444 e. The minimum atomic E-state index is -0.488. The van der Waals surface area contributed by atoms with Gasteiger partial charge in [0, 0.05) is 11.6 Å². The predicted octanol–water partition coefficient (Wildman–Crippen LogP) is 3.76. The minimum absolute atomic E-state index is 0.0157. The summed E-state index contributed by atoms with van der Waals surface area (Å²) < 4.78 is 5.13. The summed E-state index contributed by atoms with van der Waals surface area (Å²) >= 11 is 6.07. The molecule has 0 unspecified atom stereocenters. The average Bonchev–Trinajstić information content (AvgIpc) is 2.38. The Morgan fingerprint density at radius 3 is 2.76 bits per heavy atom. The molecule has 2 N–H and O–H groups in total. The molecule has 0 aliphatic rings. The smallest absolute Gasteiger partial charge is 0.407 e. The fourth-order valence-electron chi connectivity index (χ4n) is 1.60. The second-order valence-corrected chi connectivity index (χ2v) is 6.04. The van der Waals surface area contributed by atoms with Gasteiger partial charge in [0.2, 0.25) is 0 Å². The van der Waals surface area contributed by atoms with Crippen LogP contribution in [0.4, 0.5) is 4.79 Å². The van der Waals surface area contributed by atoms with Crippen molar-refractivity contribution in [3.63, 3.8) is 0 Å². The van der Waals surface area contributed by atoms with E-state index in [1.165, 1.54) is 0 Å². The molecule has 0 aliphatic carbocycles. The highest BCUT2D eigenvalue weighted by molar-refractivity contribution is 6.32. The van der Waals surface area contributed by atoms with Crippen molar-refractivity contribution in [1.29, 1.82) is 0 Å². The number of amides is 1. The number of hydrogen-bond acceptors (Lipinski definition) is 3. The first kappa shape index (κ1) is 17.5. The van der Waals surface area contributed by atoms with Crippen LogP contribution >= 0.6 is 11.6 Å². The predicted molar refractivity (Wildman–Crippen MR) is 85.3 cm³/mol. The summed E-state index contributed by atoms with van der Waals surface area (Å²) in [5, 5.41) is 12.4. The Kier molecular flexibility index (Phi) is 6.72. The van der Waals surface area contributed by atoms with Crippen molar-refractivity contribution in [2.45, 2.75) is 39.4 Å². The van der Waals surface area contributed by atoms with E-state index in [0.717, 1.165) is 11.1 Å². The van der Waals surface area contributed by atoms with E-state index < -0.39 is 11.7 Å². The molecule has 0 aromatic heterocycles. The van der Waals surface area contributed by atoms with E-state index in [-0.39, 0.29) is 6.61 Å². The second kappa shape index (κ2) is 8.05. The molecule has 0 heterocycles. The van der Waals surface area contributed by atoms with Crippen molar-refractivity contribution in [3.05, 3.63) is 40.4 Å². The van der Waals surface area contributed by atoms with Crippen LogP contribution < -0.4 is 5.32 Å². The molecule has 0 saturated heterocycles. The highest BCUT2D eigenvalue weighted by Crippen LogP contribution is 2.19. The molecule has 5 heteroatoms. The summed E-state index contributed by atoms with van der Waals surface area (Å²) in [5.41, 5.74) is 1.17. The first-order chi connectivity index (χ1) is 9.81. The number of nitrogens with one attached hydrogen (secondary N) is 1. The lowest BCUT2D eigenvalue weighted by Crippen LogP contribution is -2.32. The van der Waals surface area contributed by atoms with Gasteiger partial charge in [-0.15, -0.1) is 0 Å². The van der Waals surface area contributed by atoms with E-state index in [0.29, 0.717) is 18.0 Å². The van der Waals surface area contributed by atoms with Crippen molar-refractivity contribution in [1.82, 2.24) is 5.32 Å². The first-order valence-corrected chi connectivity index (χ1v) is 7.22. The van der Waals surface area contributed by atoms with Crippen LogP contribution in [0.2, 0.25) is 5.02 Å². The summed E-state index contributed by atoms with van der Waals surface area (Å²) in [7, 11) is 0. The zero-order valence-corrected chi connectivity index (χ0v) is 13.4. The molecule has 0 aliphatic heterocycles. The third kappa shape index (κ3) is 7.16. The summed E-state index contributed by atoms with van der Waals surface area (Å²) in [6, 6.07) is 5.37. The Morgan fingerprint density at radius 2 is 2.14 bits per heavy atom. The molecule has 0 fully saturated rings. The maximum absolute atomic E-state index is 11.4. The zero-order chi connectivity index (χ0) is 15.9. The van der Waals surface area contributed by atoms with E-state index in [4.69, 9.17) is 21.4 Å². The first-order valence-electron chi connectivity index (χ1n) is 6.84. The molecule has 0 saturated carbocycles. The highest BCUT2D eigenvalue weighted by Gasteiger charge is 2.15. The number of aliphatic hydroxyl groups excluding tert-OH is 1. The van der Waals surface area contributed by atoms with Crippen molar-refractivity contribution in [2.24, 2.45) is 0 Å². The Labute approximate surface area is 130 Å². The number of carbonyl (C=O) groups excluding carboxylic acids is 1. The fraction of sp³-hybridized carbons (Fsp3) is 0.438. The van der Waals surface area contributed by atoms with E-state index in [1.54, 1.807) is 12.1 Å². The van der Waals surface area contributed by atoms with E-state index in [1.807, 2.05) is 39.0 Å². The molecule has 1 aromatic rings. The Balaban J connectivity index is 2.40. The number of ether oxygens (including phenoxy) is 1. The number of benzene rings is 1. The Bertz CT molecular complexity index is 507. The number of alkyl carbamates (subject to hydrolysis) is 1. The average molecular weight is 312 g/mol. The van der Waals surface area contributed by atoms with Crippen LogP contribution in [-0.4, -0.2) is 23.3 Å². The fourth-order valence-corrected chi connectivity index (χ4v) is 1.78. The van der Waals surface area contributed by atoms with Gasteiger partial charge in [-0.3, -0.25) is 0 Å². The molecule has 21 heavy (non-hydrogen) atoms. The summed E-state index contributed by atoms with van der Waals surface area (Å²) in [5.74, 6) is 0. The van der Waals surface area contributed by atoms with Gasteiger partial charge in [-0.2, -0.15) is 0 Å². The van der Waals surface area contributed by atoms with Crippen molar-refractivity contribution in [2.75, 3.05) is 6.54 Å². The number of halogens is 1. The molecule has 1 amide bonds. The lowest BCUT2D eigenvalue weighted by atomic mass is 10.1. The van der Waals surface area contributed by atoms with Gasteiger partial charge in [0.1, 0.15) is 5.60 Å². The van der Waals surface area contributed by atoms with Crippen molar-refractivity contribution in [3.8, 4) is 0 Å². The maximum Gasteiger partial charge on any atom is 0.407 e. The van der Waals surface area contributed by atoms with E-state index in [2.05, 4.69) is 5.32 Å². The van der Waals surface area contributed by atoms with Gasteiger partial charge in [-0.25, -0.2) is 4.79 Å². The summed E-state index contributed by atoms with van der Waals surface area (Å²) in [4.78, 5) is 11.4. The van der Waals surface area contributed by atoms with E-state index in [9.17, 15) is 4.79 Å². The number of rotatable bonds is 5. The van der Waals surface area contributed by atoms with Crippen LogP contribution in [0, 0.1) is 0 Å². The SMILES string of the molecule is CC(C)(C)OC(=O)NCCC=Cc1cc(CO)ccc1Cl. The van der Waals surface area contributed by atoms with Crippen LogP contribution in [0.5, 0.6) is 0 Å². The highest BCUT2D eigenvalue weighted by atomic mass is 35.5. The Morgan fingerprint density at radius 1 is 1.43 bits per heavy atom. The summed E-state index contributed by atoms with van der Waals surface area (Å²) in [6.07, 6.45) is 4.04. The van der Waals surface area contributed by atoms with Crippen LogP contribution in [-0.2, 0) is 11.3 Å². The van der Waals surface area contributed by atoms with Gasteiger partial charge in [0.15, 0.2) is 0 Å². The van der Waals surface area contributed by atoms with Crippen LogP contribution in [0.1, 0.15) is 38.3 Å². The topological polar surface area (TPSA) is 58.6 Å². The van der Waals surface area contributed by atoms with Crippen LogP contribution in [0.25, 0.3) is 6.08 Å². The second-order valence-electron chi connectivity index (χ2n) is 5.63. The lowest BCUT2D eigenvalue weighted by molar-refractivity contribution is 0.0529. The number of carbonyl (C=O) groups is 1. The van der Waals surface area contributed by atoms with Crippen LogP contribution in [0.3, 0.4) is 0 Å². The molecule has 116 valence electrons. The molecular weight excluding hydrogens is 290 g/mol. The summed E-state index contributed by atoms with van der Waals surface area (Å²) in [6.45, 7) is 5.94. The molecule has 1 rings (SSSR count). The van der Waals surface area contributed by atoms with Gasteiger partial charge in [0.05, 0.1) is 6.61 Å². The molecule has 1 aromatic carbocycles. The molecule has 0 bridgehead atoms. The lowest BCUT2D eigenvalue weighted by Gasteiger charge is -2.19. The van der Waals surface area contributed by atoms with Crippen LogP contribution in [0.15, 0.2) is 24.3 Å². The molecule has 4 nitrogen and oxygen atoms in total. The van der Waals surface area contributed by atoms with Crippen molar-refractivity contribution >= 4 is 23.8 Å². The minimum Gasteiger partial charge on any atom is -0.444 e. The quantitative estimate of drug-likeness (QED) is 0.814. The van der Waals surface area contributed by atoms with Gasteiger partial charge in [-0.1, -0.05) is 29.8 Å². The molecule has 0 atom stereocenters. The number of aliphatic hydroxyl groups is 1. The van der Waals surface area contributed by atoms with Gasteiger partial charge in [-0.05, 0) is 50.5 Å². The number of hydrogen-bond donors (Lipinski definition) is 2.